The van der Waals surface area contributed by atoms with Crippen LogP contribution in [0.2, 0.25) is 0 Å². The zero-order valence-electron chi connectivity index (χ0n) is 18.4. The highest BCUT2D eigenvalue weighted by Gasteiger charge is 2.28. The van der Waals surface area contributed by atoms with Crippen molar-refractivity contribution in [2.45, 2.75) is 18.8 Å². The Hall–Kier alpha value is -3.58. The van der Waals surface area contributed by atoms with E-state index in [1.54, 1.807) is 17.4 Å². The Balaban J connectivity index is 1.39. The lowest BCUT2D eigenvalue weighted by Crippen LogP contribution is -2.42. The maximum atomic E-state index is 12.4. The number of benzene rings is 2. The second-order valence-corrected chi connectivity index (χ2v) is 8.25. The number of hydrogen-bond acceptors (Lipinski definition) is 6. The smallest absolute Gasteiger partial charge is 0.263 e. The summed E-state index contributed by atoms with van der Waals surface area (Å²) in [7, 11) is 0. The maximum absolute atomic E-state index is 12.4. The fourth-order valence-electron chi connectivity index (χ4n) is 4.52. The Kier molecular flexibility index (Phi) is 6.39. The van der Waals surface area contributed by atoms with Crippen molar-refractivity contribution < 1.29 is 14.4 Å². The molecule has 2 aliphatic rings. The normalized spacial score (nSPS) is 19.2. The van der Waals surface area contributed by atoms with Crippen LogP contribution >= 0.6 is 0 Å². The van der Waals surface area contributed by atoms with Gasteiger partial charge in [0.05, 0.1) is 24.6 Å². The van der Waals surface area contributed by atoms with E-state index in [9.17, 15) is 4.79 Å². The minimum Gasteiger partial charge on any atom is -0.385 e. The highest BCUT2D eigenvalue weighted by molar-refractivity contribution is 6.02. The minimum absolute atomic E-state index is 0.0750. The number of amides is 1. The van der Waals surface area contributed by atoms with Crippen LogP contribution in [0.25, 0.3) is 11.1 Å². The quantitative estimate of drug-likeness (QED) is 0.566. The molecule has 1 atom stereocenters. The second kappa shape index (κ2) is 9.92. The van der Waals surface area contributed by atoms with Gasteiger partial charge in [0.2, 0.25) is 0 Å². The summed E-state index contributed by atoms with van der Waals surface area (Å²) in [4.78, 5) is 28.4. The number of ether oxygens (including phenoxy) is 1. The molecule has 0 saturated carbocycles. The molecule has 7 heteroatoms. The van der Waals surface area contributed by atoms with Crippen molar-refractivity contribution in [3.05, 3.63) is 83.9 Å². The Morgan fingerprint density at radius 2 is 1.82 bits per heavy atom. The third-order valence-corrected chi connectivity index (χ3v) is 6.20. The summed E-state index contributed by atoms with van der Waals surface area (Å²) in [5.74, 6) is 0.120. The largest absolute Gasteiger partial charge is 0.385 e. The molecule has 5 rings (SSSR count). The molecule has 1 aromatic heterocycles. The first-order chi connectivity index (χ1) is 16.3. The van der Waals surface area contributed by atoms with Crippen LogP contribution in [0.15, 0.2) is 72.3 Å². The number of nitrogens with zero attached hydrogens (tertiary/aromatic N) is 4. The Morgan fingerprint density at radius 1 is 1.03 bits per heavy atom. The molecule has 1 aliphatic heterocycles. The molecular formula is C26H26N4O3. The molecule has 168 valence electrons. The predicted octanol–water partition coefficient (Wildman–Crippen LogP) is 3.45. The van der Waals surface area contributed by atoms with E-state index >= 15 is 0 Å². The van der Waals surface area contributed by atoms with Crippen molar-refractivity contribution in [1.82, 2.24) is 14.9 Å². The molecule has 2 heterocycles. The van der Waals surface area contributed by atoms with Gasteiger partial charge in [-0.1, -0.05) is 59.8 Å². The molecule has 0 N–H and O–H groups in total. The summed E-state index contributed by atoms with van der Waals surface area (Å²) in [6.07, 6.45) is 4.85. The van der Waals surface area contributed by atoms with Crippen LogP contribution in [0.4, 0.5) is 0 Å². The van der Waals surface area contributed by atoms with Gasteiger partial charge in [0.1, 0.15) is 6.33 Å². The number of oxime groups is 1. The molecule has 1 aliphatic carbocycles. The van der Waals surface area contributed by atoms with E-state index in [1.165, 1.54) is 16.7 Å². The summed E-state index contributed by atoms with van der Waals surface area (Å²) in [5.41, 5.74) is 6.27. The van der Waals surface area contributed by atoms with E-state index < -0.39 is 0 Å². The molecule has 0 radical (unpaired) electrons. The molecule has 0 bridgehead atoms. The van der Waals surface area contributed by atoms with Gasteiger partial charge in [-0.2, -0.15) is 0 Å². The van der Waals surface area contributed by atoms with Crippen molar-refractivity contribution >= 4 is 11.6 Å². The SMILES string of the molecule is O=C(CON=C1CC(c2ccccc2-c2ccccc2)Cc2ncncc21)N1CCOCC1. The molecule has 1 saturated heterocycles. The molecular weight excluding hydrogens is 416 g/mol. The first kappa shape index (κ1) is 21.3. The van der Waals surface area contributed by atoms with E-state index in [2.05, 4.69) is 63.7 Å². The summed E-state index contributed by atoms with van der Waals surface area (Å²) in [6, 6.07) is 18.9. The topological polar surface area (TPSA) is 76.9 Å². The maximum Gasteiger partial charge on any atom is 0.263 e. The second-order valence-electron chi connectivity index (χ2n) is 8.25. The predicted molar refractivity (Wildman–Crippen MR) is 125 cm³/mol. The van der Waals surface area contributed by atoms with E-state index in [-0.39, 0.29) is 18.4 Å². The zero-order valence-corrected chi connectivity index (χ0v) is 18.4. The Bertz CT molecular complexity index is 1140. The first-order valence-corrected chi connectivity index (χ1v) is 11.3. The number of hydrogen-bond donors (Lipinski definition) is 0. The van der Waals surface area contributed by atoms with Crippen LogP contribution in [-0.4, -0.2) is 59.4 Å². The van der Waals surface area contributed by atoms with Gasteiger partial charge >= 0.3 is 0 Å². The van der Waals surface area contributed by atoms with Crippen LogP contribution in [0.5, 0.6) is 0 Å². The lowest BCUT2D eigenvalue weighted by Gasteiger charge is -2.27. The highest BCUT2D eigenvalue weighted by Crippen LogP contribution is 2.37. The van der Waals surface area contributed by atoms with Crippen molar-refractivity contribution in [3.63, 3.8) is 0 Å². The van der Waals surface area contributed by atoms with E-state index in [4.69, 9.17) is 9.57 Å². The van der Waals surface area contributed by atoms with Gasteiger partial charge in [-0.3, -0.25) is 4.79 Å². The van der Waals surface area contributed by atoms with Crippen molar-refractivity contribution in [2.75, 3.05) is 32.9 Å². The molecule has 0 spiro atoms. The van der Waals surface area contributed by atoms with Gasteiger partial charge in [-0.05, 0) is 29.0 Å². The standard InChI is InChI=1S/C26H26N4O3/c31-26(30-10-12-32-13-11-30)17-33-29-25-15-20(14-24-23(25)16-27-18-28-24)22-9-5-4-8-21(22)19-6-2-1-3-7-19/h1-9,16,18,20H,10-15,17H2. The van der Waals surface area contributed by atoms with Crippen molar-refractivity contribution in [2.24, 2.45) is 5.16 Å². The average Bonchev–Trinajstić information content (AvgIpc) is 2.89. The van der Waals surface area contributed by atoms with Gasteiger partial charge in [-0.25, -0.2) is 9.97 Å². The molecule has 3 aromatic rings. The Morgan fingerprint density at radius 3 is 2.67 bits per heavy atom. The minimum atomic E-state index is -0.0855. The molecule has 7 nitrogen and oxygen atoms in total. The van der Waals surface area contributed by atoms with Gasteiger partial charge in [-0.15, -0.1) is 0 Å². The number of morpholine rings is 1. The fraction of sp³-hybridized carbons (Fsp3) is 0.308. The highest BCUT2D eigenvalue weighted by atomic mass is 16.6. The lowest BCUT2D eigenvalue weighted by atomic mass is 9.79. The summed E-state index contributed by atoms with van der Waals surface area (Å²) >= 11 is 0. The number of carbonyl (C=O) groups is 1. The van der Waals surface area contributed by atoms with Crippen LogP contribution in [-0.2, 0) is 20.8 Å². The monoisotopic (exact) mass is 442 g/mol. The van der Waals surface area contributed by atoms with Gasteiger partial charge in [0.15, 0.2) is 6.61 Å². The van der Waals surface area contributed by atoms with Crippen LogP contribution in [0.3, 0.4) is 0 Å². The summed E-state index contributed by atoms with van der Waals surface area (Å²) in [5, 5.41) is 4.40. The Labute approximate surface area is 193 Å². The third kappa shape index (κ3) is 4.78. The molecule has 1 amide bonds. The van der Waals surface area contributed by atoms with Crippen LogP contribution < -0.4 is 0 Å². The number of carbonyl (C=O) groups excluding carboxylic acids is 1. The zero-order chi connectivity index (χ0) is 22.5. The molecule has 1 unspecified atom stereocenters. The first-order valence-electron chi connectivity index (χ1n) is 11.3. The number of fused-ring (bicyclic) bond motifs is 1. The average molecular weight is 443 g/mol. The third-order valence-electron chi connectivity index (χ3n) is 6.20. The number of aromatic nitrogens is 2. The summed E-state index contributed by atoms with van der Waals surface area (Å²) < 4.78 is 5.31. The van der Waals surface area contributed by atoms with E-state index in [0.717, 1.165) is 23.4 Å². The van der Waals surface area contributed by atoms with Crippen LogP contribution in [0, 0.1) is 0 Å². The molecule has 1 fully saturated rings. The van der Waals surface area contributed by atoms with Crippen molar-refractivity contribution in [3.8, 4) is 11.1 Å². The van der Waals surface area contributed by atoms with E-state index in [0.29, 0.717) is 32.7 Å². The van der Waals surface area contributed by atoms with Gasteiger partial charge < -0.3 is 14.5 Å². The van der Waals surface area contributed by atoms with Gasteiger partial charge in [0.25, 0.3) is 5.91 Å². The molecule has 33 heavy (non-hydrogen) atoms. The summed E-state index contributed by atoms with van der Waals surface area (Å²) in [6.45, 7) is 2.22. The lowest BCUT2D eigenvalue weighted by molar-refractivity contribution is -0.140. The number of rotatable bonds is 5. The van der Waals surface area contributed by atoms with Crippen molar-refractivity contribution in [1.29, 1.82) is 0 Å². The fourth-order valence-corrected chi connectivity index (χ4v) is 4.52. The van der Waals surface area contributed by atoms with E-state index in [1.807, 2.05) is 6.07 Å². The van der Waals surface area contributed by atoms with Crippen LogP contribution in [0.1, 0.15) is 29.2 Å². The van der Waals surface area contributed by atoms with Gasteiger partial charge in [0, 0.05) is 31.3 Å². The molecule has 2 aromatic carbocycles.